The molecule has 0 radical (unpaired) electrons. The zero-order valence-corrected chi connectivity index (χ0v) is 13.8. The molecule has 0 saturated heterocycles. The lowest BCUT2D eigenvalue weighted by molar-refractivity contribution is 0.291. The van der Waals surface area contributed by atoms with E-state index in [4.69, 9.17) is 9.47 Å². The van der Waals surface area contributed by atoms with Gasteiger partial charge in [0.1, 0.15) is 12.4 Å². The molecule has 0 N–H and O–H groups in total. The Balaban J connectivity index is 1.78. The summed E-state index contributed by atoms with van der Waals surface area (Å²) in [6.07, 6.45) is 3.86. The van der Waals surface area contributed by atoms with Gasteiger partial charge in [0, 0.05) is 23.9 Å². The molecule has 0 saturated carbocycles. The predicted molar refractivity (Wildman–Crippen MR) is 90.4 cm³/mol. The highest BCUT2D eigenvalue weighted by molar-refractivity contribution is 9.10. The van der Waals surface area contributed by atoms with Gasteiger partial charge in [0.2, 0.25) is 0 Å². The number of hydrogen-bond acceptors (Lipinski definition) is 2. The van der Waals surface area contributed by atoms with Crippen molar-refractivity contribution < 1.29 is 9.47 Å². The highest BCUT2D eigenvalue weighted by Crippen LogP contribution is 2.34. The summed E-state index contributed by atoms with van der Waals surface area (Å²) in [6, 6.07) is 17.8. The first-order valence-electron chi connectivity index (χ1n) is 6.97. The van der Waals surface area contributed by atoms with Crippen LogP contribution in [0.2, 0.25) is 0 Å². The number of rotatable bonds is 5. The van der Waals surface area contributed by atoms with Gasteiger partial charge in [0.15, 0.2) is 11.5 Å². The van der Waals surface area contributed by atoms with Crippen LogP contribution in [0.3, 0.4) is 0 Å². The van der Waals surface area contributed by atoms with Crippen LogP contribution in [0.5, 0.6) is 17.2 Å². The predicted octanol–water partition coefficient (Wildman–Crippen LogP) is 5.16. The van der Waals surface area contributed by atoms with E-state index in [0.717, 1.165) is 21.5 Å². The third-order valence-electron chi connectivity index (χ3n) is 3.18. The first-order valence-corrected chi connectivity index (χ1v) is 7.76. The van der Waals surface area contributed by atoms with Gasteiger partial charge in [-0.2, -0.15) is 0 Å². The summed E-state index contributed by atoms with van der Waals surface area (Å²) < 4.78 is 14.7. The molecule has 1 heterocycles. The zero-order chi connectivity index (χ0) is 15.4. The van der Waals surface area contributed by atoms with E-state index < -0.39 is 0 Å². The van der Waals surface area contributed by atoms with Gasteiger partial charge in [0.05, 0.1) is 0 Å². The first kappa shape index (κ1) is 14.7. The van der Waals surface area contributed by atoms with Crippen molar-refractivity contribution in [2.45, 2.75) is 6.61 Å². The molecule has 3 rings (SSSR count). The first-order chi connectivity index (χ1) is 10.7. The Labute approximate surface area is 138 Å². The number of halogens is 1. The van der Waals surface area contributed by atoms with Crippen molar-refractivity contribution in [1.82, 2.24) is 4.57 Å². The summed E-state index contributed by atoms with van der Waals surface area (Å²) >= 11 is 3.47. The van der Waals surface area contributed by atoms with Gasteiger partial charge in [-0.3, -0.25) is 0 Å². The minimum absolute atomic E-state index is 0.508. The SMILES string of the molecule is Cn1ccc(Oc2cc(Br)ccc2OCc2ccccc2)c1. The third kappa shape index (κ3) is 3.71. The molecule has 3 nitrogen and oxygen atoms in total. The summed E-state index contributed by atoms with van der Waals surface area (Å²) in [7, 11) is 1.96. The van der Waals surface area contributed by atoms with Crippen molar-refractivity contribution in [3.05, 3.63) is 77.0 Å². The van der Waals surface area contributed by atoms with Gasteiger partial charge in [-0.1, -0.05) is 46.3 Å². The van der Waals surface area contributed by atoms with Crippen LogP contribution in [0.15, 0.2) is 71.5 Å². The van der Waals surface area contributed by atoms with Crippen molar-refractivity contribution in [3.8, 4) is 17.2 Å². The van der Waals surface area contributed by atoms with E-state index in [-0.39, 0.29) is 0 Å². The summed E-state index contributed by atoms with van der Waals surface area (Å²) in [6.45, 7) is 0.508. The van der Waals surface area contributed by atoms with Gasteiger partial charge in [-0.05, 0) is 29.8 Å². The fourth-order valence-electron chi connectivity index (χ4n) is 2.08. The second-order valence-corrected chi connectivity index (χ2v) is 5.90. The molecule has 0 bridgehead atoms. The van der Waals surface area contributed by atoms with E-state index in [1.807, 2.05) is 78.6 Å². The van der Waals surface area contributed by atoms with Crippen molar-refractivity contribution in [2.24, 2.45) is 7.05 Å². The van der Waals surface area contributed by atoms with Gasteiger partial charge >= 0.3 is 0 Å². The number of aromatic nitrogens is 1. The number of benzene rings is 2. The van der Waals surface area contributed by atoms with Gasteiger partial charge in [-0.15, -0.1) is 0 Å². The Kier molecular flexibility index (Phi) is 4.49. The maximum atomic E-state index is 5.92. The maximum absolute atomic E-state index is 5.92. The largest absolute Gasteiger partial charge is 0.485 e. The van der Waals surface area contributed by atoms with Crippen LogP contribution in [0.4, 0.5) is 0 Å². The molecule has 0 aliphatic heterocycles. The van der Waals surface area contributed by atoms with Crippen molar-refractivity contribution >= 4 is 15.9 Å². The smallest absolute Gasteiger partial charge is 0.170 e. The Morgan fingerprint density at radius 1 is 1.00 bits per heavy atom. The number of nitrogens with zero attached hydrogens (tertiary/aromatic N) is 1. The molecule has 22 heavy (non-hydrogen) atoms. The summed E-state index contributed by atoms with van der Waals surface area (Å²) in [4.78, 5) is 0. The van der Waals surface area contributed by atoms with Gasteiger partial charge < -0.3 is 14.0 Å². The van der Waals surface area contributed by atoms with Crippen LogP contribution >= 0.6 is 15.9 Å². The molecule has 0 aliphatic rings. The fraction of sp³-hybridized carbons (Fsp3) is 0.111. The van der Waals surface area contributed by atoms with Gasteiger partial charge in [-0.25, -0.2) is 0 Å². The normalized spacial score (nSPS) is 10.5. The molecule has 0 amide bonds. The molecule has 4 heteroatoms. The number of hydrogen-bond donors (Lipinski definition) is 0. The van der Waals surface area contributed by atoms with E-state index in [1.54, 1.807) is 0 Å². The maximum Gasteiger partial charge on any atom is 0.170 e. The molecule has 2 aromatic carbocycles. The third-order valence-corrected chi connectivity index (χ3v) is 3.67. The molecule has 112 valence electrons. The Morgan fingerprint density at radius 3 is 2.55 bits per heavy atom. The van der Waals surface area contributed by atoms with Crippen LogP contribution in [0.1, 0.15) is 5.56 Å². The summed E-state index contributed by atoms with van der Waals surface area (Å²) in [5.74, 6) is 2.19. The summed E-state index contributed by atoms with van der Waals surface area (Å²) in [5, 5.41) is 0. The second kappa shape index (κ2) is 6.71. The highest BCUT2D eigenvalue weighted by Gasteiger charge is 2.08. The average molecular weight is 358 g/mol. The molecular formula is C18H16BrNO2. The quantitative estimate of drug-likeness (QED) is 0.629. The van der Waals surface area contributed by atoms with Crippen LogP contribution < -0.4 is 9.47 Å². The lowest BCUT2D eigenvalue weighted by atomic mass is 10.2. The van der Waals surface area contributed by atoms with E-state index >= 15 is 0 Å². The van der Waals surface area contributed by atoms with Crippen molar-refractivity contribution in [3.63, 3.8) is 0 Å². The number of ether oxygens (including phenoxy) is 2. The monoisotopic (exact) mass is 357 g/mol. The Morgan fingerprint density at radius 2 is 1.82 bits per heavy atom. The van der Waals surface area contributed by atoms with E-state index in [9.17, 15) is 0 Å². The lowest BCUT2D eigenvalue weighted by Crippen LogP contribution is -1.97. The van der Waals surface area contributed by atoms with Crippen molar-refractivity contribution in [1.29, 1.82) is 0 Å². The van der Waals surface area contributed by atoms with E-state index in [1.165, 1.54) is 0 Å². The molecule has 3 aromatic rings. The minimum atomic E-state index is 0.508. The molecule has 0 unspecified atom stereocenters. The van der Waals surface area contributed by atoms with Crippen molar-refractivity contribution in [2.75, 3.05) is 0 Å². The zero-order valence-electron chi connectivity index (χ0n) is 12.2. The lowest BCUT2D eigenvalue weighted by Gasteiger charge is -2.12. The second-order valence-electron chi connectivity index (χ2n) is 4.98. The molecule has 0 spiro atoms. The van der Waals surface area contributed by atoms with Gasteiger partial charge in [0.25, 0.3) is 0 Å². The standard InChI is InChI=1S/C18H16BrNO2/c1-20-10-9-16(12-20)22-18-11-15(19)7-8-17(18)21-13-14-5-3-2-4-6-14/h2-12H,13H2,1H3. The minimum Gasteiger partial charge on any atom is -0.485 e. The average Bonchev–Trinajstić information content (AvgIpc) is 2.93. The number of aryl methyl sites for hydroxylation is 1. The molecule has 0 fully saturated rings. The molecule has 1 aromatic heterocycles. The Hall–Kier alpha value is -2.20. The van der Waals surface area contributed by atoms with Crippen LogP contribution in [-0.4, -0.2) is 4.57 Å². The van der Waals surface area contributed by atoms with Crippen LogP contribution in [-0.2, 0) is 13.7 Å². The van der Waals surface area contributed by atoms with Crippen LogP contribution in [0.25, 0.3) is 0 Å². The van der Waals surface area contributed by atoms with Crippen LogP contribution in [0, 0.1) is 0 Å². The Bertz CT molecular complexity index is 753. The highest BCUT2D eigenvalue weighted by atomic mass is 79.9. The topological polar surface area (TPSA) is 23.4 Å². The van der Waals surface area contributed by atoms with E-state index in [2.05, 4.69) is 15.9 Å². The summed E-state index contributed by atoms with van der Waals surface area (Å²) in [5.41, 5.74) is 1.12. The molecule has 0 atom stereocenters. The molecule has 0 aliphatic carbocycles. The van der Waals surface area contributed by atoms with E-state index in [0.29, 0.717) is 12.4 Å². The fourth-order valence-corrected chi connectivity index (χ4v) is 2.42. The molecular weight excluding hydrogens is 342 g/mol.